The van der Waals surface area contributed by atoms with Gasteiger partial charge in [-0.15, -0.1) is 0 Å². The van der Waals surface area contributed by atoms with Gasteiger partial charge in [-0.25, -0.2) is 4.52 Å². The summed E-state index contributed by atoms with van der Waals surface area (Å²) in [7, 11) is 0. The minimum absolute atomic E-state index is 0.198. The van der Waals surface area contributed by atoms with Crippen LogP contribution in [0.3, 0.4) is 0 Å². The number of benzene rings is 2. The summed E-state index contributed by atoms with van der Waals surface area (Å²) in [5.41, 5.74) is 2.91. The Bertz CT molecular complexity index is 1270. The Labute approximate surface area is 177 Å². The highest BCUT2D eigenvalue weighted by molar-refractivity contribution is 6.33. The van der Waals surface area contributed by atoms with E-state index in [1.807, 2.05) is 43.3 Å². The van der Waals surface area contributed by atoms with Crippen LogP contribution in [-0.4, -0.2) is 25.2 Å². The number of fused-ring (bicyclic) bond motifs is 1. The molecule has 0 bridgehead atoms. The standard InChI is InChI=1S/C22H19ClN4O3/c1-14-6-5-9-17(23)19(14)24-18(29)12-26-10-11-27-21(22(26)30)16(13-28)20(25-27)15-7-3-2-4-8-15/h2-11,28H,12-13H2,1H3,(H,24,29). The minimum Gasteiger partial charge on any atom is -0.392 e. The van der Waals surface area contributed by atoms with Gasteiger partial charge in [-0.05, 0) is 18.6 Å². The van der Waals surface area contributed by atoms with Crippen molar-refractivity contribution in [1.82, 2.24) is 14.2 Å². The summed E-state index contributed by atoms with van der Waals surface area (Å²) in [5, 5.41) is 17.6. The molecule has 2 heterocycles. The first-order valence-electron chi connectivity index (χ1n) is 9.31. The van der Waals surface area contributed by atoms with Crippen LogP contribution in [0.25, 0.3) is 16.8 Å². The van der Waals surface area contributed by atoms with Gasteiger partial charge in [0.2, 0.25) is 5.91 Å². The van der Waals surface area contributed by atoms with Gasteiger partial charge in [-0.1, -0.05) is 54.1 Å². The summed E-state index contributed by atoms with van der Waals surface area (Å²) in [4.78, 5) is 25.6. The Morgan fingerprint density at radius 3 is 2.60 bits per heavy atom. The third-order valence-corrected chi connectivity index (χ3v) is 5.18. The Morgan fingerprint density at radius 1 is 1.13 bits per heavy atom. The normalized spacial score (nSPS) is 11.0. The summed E-state index contributed by atoms with van der Waals surface area (Å²) >= 11 is 6.16. The molecule has 0 saturated heterocycles. The van der Waals surface area contributed by atoms with Crippen LogP contribution in [0.15, 0.2) is 65.7 Å². The number of halogens is 1. The predicted octanol–water partition coefficient (Wildman–Crippen LogP) is 3.26. The fourth-order valence-electron chi connectivity index (χ4n) is 3.38. The third-order valence-electron chi connectivity index (χ3n) is 4.87. The lowest BCUT2D eigenvalue weighted by Crippen LogP contribution is -2.28. The molecular formula is C22H19ClN4O3. The van der Waals surface area contributed by atoms with Gasteiger partial charge in [0.1, 0.15) is 12.1 Å². The summed E-state index contributed by atoms with van der Waals surface area (Å²) in [6, 6.07) is 14.6. The van der Waals surface area contributed by atoms with Crippen LogP contribution < -0.4 is 10.9 Å². The van der Waals surface area contributed by atoms with Crippen molar-refractivity contribution in [1.29, 1.82) is 0 Å². The van der Waals surface area contributed by atoms with Crippen molar-refractivity contribution >= 4 is 28.7 Å². The van der Waals surface area contributed by atoms with Gasteiger partial charge in [0, 0.05) is 23.5 Å². The molecule has 0 aliphatic carbocycles. The summed E-state index contributed by atoms with van der Waals surface area (Å²) in [6.07, 6.45) is 3.09. The number of amides is 1. The quantitative estimate of drug-likeness (QED) is 0.516. The van der Waals surface area contributed by atoms with Crippen LogP contribution in [0, 0.1) is 6.92 Å². The highest BCUT2D eigenvalue weighted by Crippen LogP contribution is 2.26. The van der Waals surface area contributed by atoms with Crippen LogP contribution >= 0.6 is 11.6 Å². The lowest BCUT2D eigenvalue weighted by atomic mass is 10.1. The van der Waals surface area contributed by atoms with Gasteiger partial charge in [-0.3, -0.25) is 9.59 Å². The molecule has 2 aromatic carbocycles. The predicted molar refractivity (Wildman–Crippen MR) is 116 cm³/mol. The number of hydrogen-bond acceptors (Lipinski definition) is 4. The van der Waals surface area contributed by atoms with Gasteiger partial charge in [0.15, 0.2) is 0 Å². The van der Waals surface area contributed by atoms with E-state index in [4.69, 9.17) is 11.6 Å². The molecule has 2 aromatic heterocycles. The van der Waals surface area contributed by atoms with E-state index in [0.29, 0.717) is 22.0 Å². The van der Waals surface area contributed by atoms with Crippen molar-refractivity contribution in [2.75, 3.05) is 5.32 Å². The Hall–Kier alpha value is -3.42. The largest absolute Gasteiger partial charge is 0.392 e. The molecule has 8 heteroatoms. The smallest absolute Gasteiger partial charge is 0.277 e. The average Bonchev–Trinajstić information content (AvgIpc) is 3.13. The molecule has 0 radical (unpaired) electrons. The molecule has 0 saturated carbocycles. The zero-order valence-corrected chi connectivity index (χ0v) is 16.9. The summed E-state index contributed by atoms with van der Waals surface area (Å²) < 4.78 is 2.72. The van der Waals surface area contributed by atoms with Gasteiger partial charge >= 0.3 is 0 Å². The molecule has 152 valence electrons. The number of aromatic nitrogens is 3. The fourth-order valence-corrected chi connectivity index (χ4v) is 3.65. The number of aliphatic hydroxyl groups is 1. The first-order valence-corrected chi connectivity index (χ1v) is 9.69. The SMILES string of the molecule is Cc1cccc(Cl)c1NC(=O)Cn1ccn2nc(-c3ccccc3)c(CO)c2c1=O. The molecule has 0 aliphatic heterocycles. The maximum absolute atomic E-state index is 13.1. The second-order valence-electron chi connectivity index (χ2n) is 6.86. The third kappa shape index (κ3) is 3.60. The summed E-state index contributed by atoms with van der Waals surface area (Å²) in [5.74, 6) is -0.383. The van der Waals surface area contributed by atoms with Gasteiger partial charge in [0.25, 0.3) is 5.56 Å². The van der Waals surface area contributed by atoms with E-state index in [2.05, 4.69) is 10.4 Å². The average molecular weight is 423 g/mol. The maximum Gasteiger partial charge on any atom is 0.277 e. The lowest BCUT2D eigenvalue weighted by molar-refractivity contribution is -0.116. The molecule has 0 fully saturated rings. The molecule has 4 aromatic rings. The number of anilines is 1. The van der Waals surface area contributed by atoms with E-state index >= 15 is 0 Å². The topological polar surface area (TPSA) is 88.6 Å². The minimum atomic E-state index is -0.415. The van der Waals surface area contributed by atoms with Crippen LogP contribution in [0.4, 0.5) is 5.69 Å². The van der Waals surface area contributed by atoms with Crippen LogP contribution in [0.1, 0.15) is 11.1 Å². The van der Waals surface area contributed by atoms with Gasteiger partial charge < -0.3 is 15.0 Å². The zero-order chi connectivity index (χ0) is 21.3. The van der Waals surface area contributed by atoms with Crippen molar-refractivity contribution in [2.24, 2.45) is 0 Å². The molecule has 2 N–H and O–H groups in total. The number of aryl methyl sites for hydroxylation is 1. The molecular weight excluding hydrogens is 404 g/mol. The highest BCUT2D eigenvalue weighted by atomic mass is 35.5. The number of nitrogens with one attached hydrogen (secondary N) is 1. The Kier molecular flexibility index (Phi) is 5.39. The second-order valence-corrected chi connectivity index (χ2v) is 7.26. The van der Waals surface area contributed by atoms with Crippen LogP contribution in [0.2, 0.25) is 5.02 Å². The number of rotatable bonds is 5. The van der Waals surface area contributed by atoms with E-state index in [0.717, 1.165) is 11.1 Å². The van der Waals surface area contributed by atoms with Crippen LogP contribution in [-0.2, 0) is 17.9 Å². The Morgan fingerprint density at radius 2 is 1.90 bits per heavy atom. The van der Waals surface area contributed by atoms with E-state index in [1.54, 1.807) is 18.3 Å². The molecule has 4 rings (SSSR count). The molecule has 30 heavy (non-hydrogen) atoms. The van der Waals surface area contributed by atoms with Crippen LogP contribution in [0.5, 0.6) is 0 Å². The number of para-hydroxylation sites is 1. The van der Waals surface area contributed by atoms with Gasteiger partial charge in [-0.2, -0.15) is 5.10 Å². The number of hydrogen-bond donors (Lipinski definition) is 2. The number of nitrogens with zero attached hydrogens (tertiary/aromatic N) is 3. The number of carbonyl (C=O) groups is 1. The summed E-state index contributed by atoms with van der Waals surface area (Å²) in [6.45, 7) is 1.29. The zero-order valence-electron chi connectivity index (χ0n) is 16.2. The van der Waals surface area contributed by atoms with Crippen molar-refractivity contribution in [3.8, 4) is 11.3 Å². The van der Waals surface area contributed by atoms with E-state index in [9.17, 15) is 14.7 Å². The van der Waals surface area contributed by atoms with Crippen molar-refractivity contribution in [3.63, 3.8) is 0 Å². The fraction of sp³-hybridized carbons (Fsp3) is 0.136. The molecule has 0 spiro atoms. The monoisotopic (exact) mass is 422 g/mol. The van der Waals surface area contributed by atoms with Crippen molar-refractivity contribution in [2.45, 2.75) is 20.1 Å². The highest BCUT2D eigenvalue weighted by Gasteiger charge is 2.18. The first kappa shape index (κ1) is 19.9. The Balaban J connectivity index is 1.70. The van der Waals surface area contributed by atoms with E-state index in [1.165, 1.54) is 15.3 Å². The molecule has 0 atom stereocenters. The maximum atomic E-state index is 13.1. The second kappa shape index (κ2) is 8.14. The molecule has 1 amide bonds. The lowest BCUT2D eigenvalue weighted by Gasteiger charge is -2.11. The molecule has 0 aliphatic rings. The van der Waals surface area contributed by atoms with E-state index in [-0.39, 0.29) is 24.6 Å². The van der Waals surface area contributed by atoms with E-state index < -0.39 is 5.56 Å². The molecule has 7 nitrogen and oxygen atoms in total. The first-order chi connectivity index (χ1) is 14.5. The molecule has 0 unspecified atom stereocenters. The number of carbonyl (C=O) groups excluding carboxylic acids is 1. The van der Waals surface area contributed by atoms with Gasteiger partial charge in [0.05, 0.1) is 23.0 Å². The van der Waals surface area contributed by atoms with Crippen molar-refractivity contribution in [3.05, 3.63) is 87.4 Å². The van der Waals surface area contributed by atoms with Crippen molar-refractivity contribution < 1.29 is 9.90 Å². The number of aliphatic hydroxyl groups excluding tert-OH is 1.